The molecule has 0 aromatic carbocycles. The predicted octanol–water partition coefficient (Wildman–Crippen LogP) is 2.04. The van der Waals surface area contributed by atoms with Crippen LogP contribution in [-0.4, -0.2) is 6.04 Å². The van der Waals surface area contributed by atoms with Crippen molar-refractivity contribution in [3.8, 4) is 0 Å². The van der Waals surface area contributed by atoms with Crippen LogP contribution in [0.1, 0.15) is 31.1 Å². The number of furan rings is 1. The van der Waals surface area contributed by atoms with Crippen LogP contribution in [0, 0.1) is 12.3 Å². The van der Waals surface area contributed by atoms with Crippen LogP contribution in [-0.2, 0) is 0 Å². The Kier molecular flexibility index (Phi) is 1.40. The third kappa shape index (κ3) is 0.845. The van der Waals surface area contributed by atoms with Crippen molar-refractivity contribution in [2.24, 2.45) is 11.1 Å². The highest BCUT2D eigenvalue weighted by Gasteiger charge is 2.58. The predicted molar refractivity (Wildman–Crippen MR) is 47.9 cm³/mol. The molecule has 12 heavy (non-hydrogen) atoms. The minimum Gasteiger partial charge on any atom is -0.469 e. The highest BCUT2D eigenvalue weighted by Crippen LogP contribution is 2.57. The van der Waals surface area contributed by atoms with E-state index < -0.39 is 0 Å². The summed E-state index contributed by atoms with van der Waals surface area (Å²) in [5.41, 5.74) is 7.39. The minimum atomic E-state index is 0.225. The number of hydrogen-bond donors (Lipinski definition) is 1. The first-order valence-electron chi connectivity index (χ1n) is 4.34. The van der Waals surface area contributed by atoms with Gasteiger partial charge in [-0.05, 0) is 24.0 Å². The molecule has 1 aliphatic carbocycles. The molecule has 0 spiro atoms. The van der Waals surface area contributed by atoms with Gasteiger partial charge in [0.15, 0.2) is 0 Å². The molecule has 2 nitrogen and oxygen atoms in total. The van der Waals surface area contributed by atoms with E-state index in [1.165, 1.54) is 5.56 Å². The quantitative estimate of drug-likeness (QED) is 0.691. The van der Waals surface area contributed by atoms with Gasteiger partial charge in [-0.1, -0.05) is 13.8 Å². The topological polar surface area (TPSA) is 39.2 Å². The molecule has 0 amide bonds. The van der Waals surface area contributed by atoms with Crippen LogP contribution in [0.5, 0.6) is 0 Å². The van der Waals surface area contributed by atoms with E-state index in [-0.39, 0.29) is 11.5 Å². The smallest absolute Gasteiger partial charge is 0.111 e. The zero-order valence-electron chi connectivity index (χ0n) is 7.79. The first kappa shape index (κ1) is 7.87. The van der Waals surface area contributed by atoms with E-state index in [1.807, 2.05) is 6.07 Å². The summed E-state index contributed by atoms with van der Waals surface area (Å²) in [6.07, 6.45) is 1.74. The largest absolute Gasteiger partial charge is 0.469 e. The van der Waals surface area contributed by atoms with Crippen LogP contribution in [0.25, 0.3) is 0 Å². The molecule has 2 rings (SSSR count). The number of nitrogens with two attached hydrogens (primary N) is 1. The zero-order chi connectivity index (χ0) is 8.93. The van der Waals surface area contributed by atoms with Gasteiger partial charge in [0.1, 0.15) is 5.76 Å². The van der Waals surface area contributed by atoms with E-state index >= 15 is 0 Å². The highest BCUT2D eigenvalue weighted by atomic mass is 16.3. The van der Waals surface area contributed by atoms with Crippen molar-refractivity contribution < 1.29 is 4.42 Å². The molecule has 0 saturated heterocycles. The Bertz CT molecular complexity index is 301. The lowest BCUT2D eigenvalue weighted by Gasteiger charge is -1.99. The lowest BCUT2D eigenvalue weighted by molar-refractivity contribution is 0.479. The van der Waals surface area contributed by atoms with E-state index in [9.17, 15) is 0 Å². The summed E-state index contributed by atoms with van der Waals surface area (Å²) >= 11 is 0. The third-order valence-electron chi connectivity index (χ3n) is 3.09. The van der Waals surface area contributed by atoms with Crippen molar-refractivity contribution in [2.45, 2.75) is 32.7 Å². The van der Waals surface area contributed by atoms with E-state index in [1.54, 1.807) is 6.26 Å². The van der Waals surface area contributed by atoms with Gasteiger partial charge in [0, 0.05) is 12.0 Å². The molecule has 1 aromatic heterocycles. The Hall–Kier alpha value is -0.760. The maximum Gasteiger partial charge on any atom is 0.111 e. The van der Waals surface area contributed by atoms with Gasteiger partial charge >= 0.3 is 0 Å². The first-order chi connectivity index (χ1) is 5.55. The molecular formula is C10H15NO. The summed E-state index contributed by atoms with van der Waals surface area (Å²) in [6, 6.07) is 2.26. The Balaban J connectivity index is 2.30. The fourth-order valence-corrected chi connectivity index (χ4v) is 1.88. The number of hydrogen-bond acceptors (Lipinski definition) is 2. The average Bonchev–Trinajstić information content (AvgIpc) is 2.39. The van der Waals surface area contributed by atoms with Crippen molar-refractivity contribution in [3.63, 3.8) is 0 Å². The van der Waals surface area contributed by atoms with Gasteiger partial charge in [0.25, 0.3) is 0 Å². The second kappa shape index (κ2) is 2.13. The van der Waals surface area contributed by atoms with Crippen LogP contribution in [0.2, 0.25) is 0 Å². The molecule has 1 aliphatic rings. The average molecular weight is 165 g/mol. The number of rotatable bonds is 1. The van der Waals surface area contributed by atoms with Crippen LogP contribution >= 0.6 is 0 Å². The molecule has 2 heteroatoms. The second-order valence-corrected chi connectivity index (χ2v) is 4.29. The summed E-state index contributed by atoms with van der Waals surface area (Å²) < 4.78 is 5.41. The van der Waals surface area contributed by atoms with Gasteiger partial charge in [-0.25, -0.2) is 0 Å². The molecule has 0 bridgehead atoms. The van der Waals surface area contributed by atoms with Crippen LogP contribution in [0.15, 0.2) is 16.7 Å². The van der Waals surface area contributed by atoms with Gasteiger partial charge in [0.05, 0.1) is 6.26 Å². The van der Waals surface area contributed by atoms with Gasteiger partial charge in [0.2, 0.25) is 0 Å². The van der Waals surface area contributed by atoms with Gasteiger partial charge < -0.3 is 10.2 Å². The van der Waals surface area contributed by atoms with Gasteiger partial charge in [-0.3, -0.25) is 0 Å². The summed E-state index contributed by atoms with van der Waals surface area (Å²) in [4.78, 5) is 0. The van der Waals surface area contributed by atoms with Gasteiger partial charge in [-0.2, -0.15) is 0 Å². The fourth-order valence-electron chi connectivity index (χ4n) is 1.88. The van der Waals surface area contributed by atoms with Crippen molar-refractivity contribution in [2.75, 3.05) is 0 Å². The fraction of sp³-hybridized carbons (Fsp3) is 0.600. The SMILES string of the molecule is Cc1ccoc1C1C(N)C1(C)C. The van der Waals surface area contributed by atoms with E-state index in [0.29, 0.717) is 5.92 Å². The summed E-state index contributed by atoms with van der Waals surface area (Å²) in [7, 11) is 0. The second-order valence-electron chi connectivity index (χ2n) is 4.29. The molecule has 1 fully saturated rings. The van der Waals surface area contributed by atoms with Gasteiger partial charge in [-0.15, -0.1) is 0 Å². The molecule has 0 aliphatic heterocycles. The van der Waals surface area contributed by atoms with E-state index in [4.69, 9.17) is 10.2 Å². The summed E-state index contributed by atoms with van der Waals surface area (Å²) in [5.74, 6) is 1.50. The van der Waals surface area contributed by atoms with Crippen LogP contribution < -0.4 is 5.73 Å². The number of aryl methyl sites for hydroxylation is 1. The van der Waals surface area contributed by atoms with Crippen LogP contribution in [0.4, 0.5) is 0 Å². The molecule has 1 aromatic rings. The monoisotopic (exact) mass is 165 g/mol. The summed E-state index contributed by atoms with van der Waals surface area (Å²) in [5, 5.41) is 0. The lowest BCUT2D eigenvalue weighted by atomic mass is 10.1. The lowest BCUT2D eigenvalue weighted by Crippen LogP contribution is -2.06. The molecule has 66 valence electrons. The Morgan fingerprint density at radius 3 is 2.42 bits per heavy atom. The molecular weight excluding hydrogens is 150 g/mol. The van der Waals surface area contributed by atoms with E-state index in [2.05, 4.69) is 20.8 Å². The van der Waals surface area contributed by atoms with Crippen molar-refractivity contribution in [1.29, 1.82) is 0 Å². The molecule has 2 unspecified atom stereocenters. The van der Waals surface area contributed by atoms with Crippen molar-refractivity contribution >= 4 is 0 Å². The zero-order valence-corrected chi connectivity index (χ0v) is 7.79. The van der Waals surface area contributed by atoms with Crippen molar-refractivity contribution in [1.82, 2.24) is 0 Å². The van der Waals surface area contributed by atoms with E-state index in [0.717, 1.165) is 5.76 Å². The van der Waals surface area contributed by atoms with Crippen molar-refractivity contribution in [3.05, 3.63) is 23.7 Å². The Morgan fingerprint density at radius 2 is 2.08 bits per heavy atom. The molecule has 2 N–H and O–H groups in total. The molecule has 2 atom stereocenters. The summed E-state index contributed by atoms with van der Waals surface area (Å²) in [6.45, 7) is 6.44. The molecule has 1 heterocycles. The Morgan fingerprint density at radius 1 is 1.50 bits per heavy atom. The third-order valence-corrected chi connectivity index (χ3v) is 3.09. The standard InChI is InChI=1S/C10H15NO/c1-6-4-5-12-8(6)7-9(11)10(7,2)3/h4-5,7,9H,11H2,1-3H3. The molecule has 0 radical (unpaired) electrons. The normalized spacial score (nSPS) is 32.0. The maximum absolute atomic E-state index is 5.94. The Labute approximate surface area is 72.7 Å². The first-order valence-corrected chi connectivity index (χ1v) is 4.34. The highest BCUT2D eigenvalue weighted by molar-refractivity contribution is 5.32. The molecule has 1 saturated carbocycles. The maximum atomic E-state index is 5.94. The minimum absolute atomic E-state index is 0.225. The van der Waals surface area contributed by atoms with Crippen LogP contribution in [0.3, 0.4) is 0 Å².